The molecule has 0 spiro atoms. The molecule has 1 aliphatic carbocycles. The summed E-state index contributed by atoms with van der Waals surface area (Å²) >= 11 is 12.6. The Morgan fingerprint density at radius 1 is 0.744 bits per heavy atom. The first-order valence-corrected chi connectivity index (χ1v) is 13.8. The molecule has 6 rings (SSSR count). The van der Waals surface area contributed by atoms with Gasteiger partial charge in [-0.25, -0.2) is 0 Å². The van der Waals surface area contributed by atoms with Crippen molar-refractivity contribution in [3.8, 4) is 22.3 Å². The van der Waals surface area contributed by atoms with Gasteiger partial charge in [0.1, 0.15) is 11.2 Å². The number of esters is 1. The number of carbonyl (C=O) groups excluding carboxylic acids is 2. The van der Waals surface area contributed by atoms with Crippen molar-refractivity contribution in [2.45, 2.75) is 26.7 Å². The third-order valence-corrected chi connectivity index (χ3v) is 8.48. The van der Waals surface area contributed by atoms with Crippen molar-refractivity contribution in [1.29, 1.82) is 0 Å². The van der Waals surface area contributed by atoms with Crippen LogP contribution in [-0.2, 0) is 27.2 Å². The fourth-order valence-electron chi connectivity index (χ4n) is 6.11. The van der Waals surface area contributed by atoms with Gasteiger partial charge in [-0.3, -0.25) is 9.59 Å². The number of carbonyl (C=O) groups is 2. The summed E-state index contributed by atoms with van der Waals surface area (Å²) in [5.41, 5.74) is 4.73. The highest BCUT2D eigenvalue weighted by molar-refractivity contribution is 6.31. The summed E-state index contributed by atoms with van der Waals surface area (Å²) in [5, 5.41) is 5.66. The number of ketones is 1. The molecule has 0 saturated heterocycles. The van der Waals surface area contributed by atoms with Gasteiger partial charge in [-0.1, -0.05) is 83.9 Å². The smallest absolute Gasteiger partial charge is 0.320 e. The molecule has 1 aliphatic rings. The molecule has 194 valence electrons. The number of rotatable bonds is 5. The highest BCUT2D eigenvalue weighted by Crippen LogP contribution is 2.52. The van der Waals surface area contributed by atoms with E-state index in [-0.39, 0.29) is 25.2 Å². The fraction of sp³-hybridized carbons (Fsp3) is 0.176. The minimum absolute atomic E-state index is 0.185. The maximum absolute atomic E-state index is 13.5. The zero-order valence-corrected chi connectivity index (χ0v) is 23.2. The van der Waals surface area contributed by atoms with Crippen LogP contribution < -0.4 is 0 Å². The van der Waals surface area contributed by atoms with Crippen LogP contribution in [0.1, 0.15) is 25.0 Å². The predicted octanol–water partition coefficient (Wildman–Crippen LogP) is 8.87. The monoisotopic (exact) mass is 552 g/mol. The van der Waals surface area contributed by atoms with Crippen LogP contribution in [0.4, 0.5) is 0 Å². The summed E-state index contributed by atoms with van der Waals surface area (Å²) in [6.07, 6.45) is 0.548. The molecule has 5 aromatic rings. The molecule has 5 heteroatoms. The summed E-state index contributed by atoms with van der Waals surface area (Å²) in [6, 6.07) is 28.2. The normalized spacial score (nSPS) is 16.4. The van der Waals surface area contributed by atoms with Gasteiger partial charge in [-0.15, -0.1) is 0 Å². The van der Waals surface area contributed by atoms with E-state index in [2.05, 4.69) is 24.3 Å². The lowest BCUT2D eigenvalue weighted by Gasteiger charge is -2.23. The molecule has 5 aromatic carbocycles. The van der Waals surface area contributed by atoms with E-state index < -0.39 is 11.4 Å². The first-order chi connectivity index (χ1) is 18.8. The van der Waals surface area contributed by atoms with Crippen LogP contribution in [0.5, 0.6) is 0 Å². The third kappa shape index (κ3) is 4.12. The molecule has 0 amide bonds. The summed E-state index contributed by atoms with van der Waals surface area (Å²) in [4.78, 5) is 26.8. The van der Waals surface area contributed by atoms with Crippen molar-refractivity contribution < 1.29 is 14.3 Å². The van der Waals surface area contributed by atoms with Gasteiger partial charge in [-0.05, 0) is 106 Å². The average Bonchev–Trinajstić information content (AvgIpc) is 3.35. The molecule has 3 nitrogen and oxygen atoms in total. The van der Waals surface area contributed by atoms with E-state index in [4.69, 9.17) is 27.9 Å². The molecule has 0 fully saturated rings. The van der Waals surface area contributed by atoms with Gasteiger partial charge in [0.2, 0.25) is 0 Å². The first-order valence-electron chi connectivity index (χ1n) is 13.0. The van der Waals surface area contributed by atoms with Crippen molar-refractivity contribution in [2.24, 2.45) is 5.41 Å². The van der Waals surface area contributed by atoms with Gasteiger partial charge in [0.05, 0.1) is 6.61 Å². The van der Waals surface area contributed by atoms with Crippen molar-refractivity contribution >= 4 is 56.5 Å². The topological polar surface area (TPSA) is 43.4 Å². The summed E-state index contributed by atoms with van der Waals surface area (Å²) in [7, 11) is 0. The first kappa shape index (κ1) is 25.6. The van der Waals surface area contributed by atoms with E-state index in [0.717, 1.165) is 54.9 Å². The van der Waals surface area contributed by atoms with Crippen LogP contribution in [0.2, 0.25) is 10.0 Å². The fourth-order valence-corrected chi connectivity index (χ4v) is 6.36. The van der Waals surface area contributed by atoms with Gasteiger partial charge in [0.25, 0.3) is 0 Å². The number of halogens is 2. The molecule has 0 aromatic heterocycles. The highest BCUT2D eigenvalue weighted by Gasteiger charge is 2.51. The summed E-state index contributed by atoms with van der Waals surface area (Å²) in [6.45, 7) is 3.49. The molecular weight excluding hydrogens is 527 g/mol. The van der Waals surface area contributed by atoms with E-state index in [1.807, 2.05) is 60.7 Å². The van der Waals surface area contributed by atoms with Crippen LogP contribution in [0, 0.1) is 5.41 Å². The SMILES string of the molecule is CCOC(=O)C1(C(C)=O)Cc2c(c(-c3ccc(Cl)cc3)c3c(ccc4ccccc43)c2-c2ccc(Cl)cc2)C1. The molecule has 1 atom stereocenters. The molecule has 0 bridgehead atoms. The van der Waals surface area contributed by atoms with Gasteiger partial charge in [0, 0.05) is 10.0 Å². The number of hydrogen-bond donors (Lipinski definition) is 0. The van der Waals surface area contributed by atoms with Gasteiger partial charge < -0.3 is 4.74 Å². The molecule has 0 heterocycles. The van der Waals surface area contributed by atoms with Crippen LogP contribution in [-0.4, -0.2) is 18.4 Å². The number of benzene rings is 5. The van der Waals surface area contributed by atoms with Crippen molar-refractivity contribution in [3.05, 3.63) is 106 Å². The second kappa shape index (κ2) is 9.82. The van der Waals surface area contributed by atoms with E-state index in [0.29, 0.717) is 10.0 Å². The molecule has 0 radical (unpaired) electrons. The predicted molar refractivity (Wildman–Crippen MR) is 160 cm³/mol. The largest absolute Gasteiger partial charge is 0.465 e. The minimum Gasteiger partial charge on any atom is -0.465 e. The Labute approximate surface area is 237 Å². The van der Waals surface area contributed by atoms with E-state index in [1.54, 1.807) is 6.92 Å². The quantitative estimate of drug-likeness (QED) is 0.124. The molecule has 1 unspecified atom stereocenters. The Hall–Kier alpha value is -3.66. The second-order valence-electron chi connectivity index (χ2n) is 10.1. The lowest BCUT2D eigenvalue weighted by molar-refractivity contribution is -0.159. The maximum atomic E-state index is 13.5. The Balaban J connectivity index is 1.80. The van der Waals surface area contributed by atoms with E-state index >= 15 is 0 Å². The Kier molecular flexibility index (Phi) is 6.45. The van der Waals surface area contributed by atoms with E-state index in [1.165, 1.54) is 6.92 Å². The van der Waals surface area contributed by atoms with E-state index in [9.17, 15) is 9.59 Å². The summed E-state index contributed by atoms with van der Waals surface area (Å²) in [5.74, 6) is -0.651. The number of ether oxygens (including phenoxy) is 1. The second-order valence-corrected chi connectivity index (χ2v) is 11.0. The Morgan fingerprint density at radius 3 is 1.90 bits per heavy atom. The highest BCUT2D eigenvalue weighted by atomic mass is 35.5. The lowest BCUT2D eigenvalue weighted by Crippen LogP contribution is -2.40. The number of Topliss-reactive ketones (excluding diaryl/α,β-unsaturated/α-hetero) is 1. The summed E-state index contributed by atoms with van der Waals surface area (Å²) < 4.78 is 5.52. The van der Waals surface area contributed by atoms with Crippen LogP contribution in [0.3, 0.4) is 0 Å². The lowest BCUT2D eigenvalue weighted by atomic mass is 9.80. The Bertz CT molecular complexity index is 1770. The number of hydrogen-bond acceptors (Lipinski definition) is 3. The molecule has 0 aliphatic heterocycles. The zero-order valence-electron chi connectivity index (χ0n) is 21.7. The molecular formula is C34H26Cl2O3. The third-order valence-electron chi connectivity index (χ3n) is 7.98. The van der Waals surface area contributed by atoms with Crippen molar-refractivity contribution in [3.63, 3.8) is 0 Å². The van der Waals surface area contributed by atoms with Gasteiger partial charge in [-0.2, -0.15) is 0 Å². The molecule has 0 N–H and O–H groups in total. The number of fused-ring (bicyclic) bond motifs is 4. The van der Waals surface area contributed by atoms with Crippen LogP contribution in [0.25, 0.3) is 43.8 Å². The average molecular weight is 553 g/mol. The minimum atomic E-state index is -1.28. The zero-order chi connectivity index (χ0) is 27.3. The molecule has 0 saturated carbocycles. The molecule has 39 heavy (non-hydrogen) atoms. The van der Waals surface area contributed by atoms with Crippen LogP contribution >= 0.6 is 23.2 Å². The standard InChI is InChI=1S/C34H26Cl2O3/c1-3-39-33(38)34(20(2)37)18-28-29(19-34)31(23-10-15-25(36)16-11-23)32-26-7-5-4-6-21(26)12-17-27(32)30(28)22-8-13-24(35)14-9-22/h4-17H,3,18-19H2,1-2H3. The van der Waals surface area contributed by atoms with Gasteiger partial charge >= 0.3 is 5.97 Å². The maximum Gasteiger partial charge on any atom is 0.320 e. The van der Waals surface area contributed by atoms with Crippen molar-refractivity contribution in [2.75, 3.05) is 6.61 Å². The van der Waals surface area contributed by atoms with Crippen LogP contribution in [0.15, 0.2) is 84.9 Å². The van der Waals surface area contributed by atoms with Gasteiger partial charge in [0.15, 0.2) is 0 Å². The van der Waals surface area contributed by atoms with Crippen molar-refractivity contribution in [1.82, 2.24) is 0 Å². The Morgan fingerprint density at radius 2 is 1.31 bits per heavy atom.